The first-order valence-electron chi connectivity index (χ1n) is 6.37. The SMILES string of the molecule is CC(C)S(=O)(=O)c1ccc2[nH]nc(Nc3nccs3)c2c1. The molecular weight excluding hydrogens is 308 g/mol. The van der Waals surface area contributed by atoms with Gasteiger partial charge in [0.05, 0.1) is 15.7 Å². The highest BCUT2D eigenvalue weighted by Crippen LogP contribution is 2.28. The molecule has 0 bridgehead atoms. The highest BCUT2D eigenvalue weighted by molar-refractivity contribution is 7.92. The normalized spacial score (nSPS) is 12.1. The number of thiazole rings is 1. The zero-order valence-electron chi connectivity index (χ0n) is 11.5. The van der Waals surface area contributed by atoms with Gasteiger partial charge in [-0.05, 0) is 32.0 Å². The van der Waals surface area contributed by atoms with Crippen LogP contribution in [0.3, 0.4) is 0 Å². The molecule has 2 heterocycles. The monoisotopic (exact) mass is 322 g/mol. The van der Waals surface area contributed by atoms with Crippen molar-refractivity contribution in [2.45, 2.75) is 24.0 Å². The predicted octanol–water partition coefficient (Wildman–Crippen LogP) is 2.95. The molecule has 8 heteroatoms. The first-order chi connectivity index (χ1) is 9.98. The molecule has 110 valence electrons. The molecule has 0 amide bonds. The Morgan fingerprint density at radius 1 is 1.33 bits per heavy atom. The Hall–Kier alpha value is -1.93. The van der Waals surface area contributed by atoms with Crippen LogP contribution in [0.1, 0.15) is 13.8 Å². The van der Waals surface area contributed by atoms with E-state index >= 15 is 0 Å². The zero-order chi connectivity index (χ0) is 15.0. The molecule has 21 heavy (non-hydrogen) atoms. The van der Waals surface area contributed by atoms with Gasteiger partial charge < -0.3 is 5.32 Å². The summed E-state index contributed by atoms with van der Waals surface area (Å²) < 4.78 is 24.5. The Labute approximate surface area is 126 Å². The van der Waals surface area contributed by atoms with Gasteiger partial charge in [0.2, 0.25) is 0 Å². The van der Waals surface area contributed by atoms with Crippen LogP contribution in [0.15, 0.2) is 34.7 Å². The van der Waals surface area contributed by atoms with Gasteiger partial charge in [-0.2, -0.15) is 5.10 Å². The number of fused-ring (bicyclic) bond motifs is 1. The summed E-state index contributed by atoms with van der Waals surface area (Å²) in [6.07, 6.45) is 1.69. The van der Waals surface area contributed by atoms with Crippen LogP contribution in [0.2, 0.25) is 0 Å². The maximum atomic E-state index is 12.3. The number of hydrogen-bond acceptors (Lipinski definition) is 6. The van der Waals surface area contributed by atoms with Gasteiger partial charge in [0.15, 0.2) is 20.8 Å². The second kappa shape index (κ2) is 5.12. The third-order valence-corrected chi connectivity index (χ3v) is 5.98. The predicted molar refractivity (Wildman–Crippen MR) is 83.8 cm³/mol. The van der Waals surface area contributed by atoms with Crippen LogP contribution in [-0.4, -0.2) is 28.8 Å². The second-order valence-corrected chi connectivity index (χ2v) is 8.23. The van der Waals surface area contributed by atoms with E-state index in [2.05, 4.69) is 20.5 Å². The number of anilines is 2. The molecule has 0 saturated carbocycles. The average Bonchev–Trinajstić information content (AvgIpc) is 3.09. The topological polar surface area (TPSA) is 87.7 Å². The summed E-state index contributed by atoms with van der Waals surface area (Å²) in [5.41, 5.74) is 0.775. The average molecular weight is 322 g/mol. The van der Waals surface area contributed by atoms with E-state index in [4.69, 9.17) is 0 Å². The van der Waals surface area contributed by atoms with E-state index in [9.17, 15) is 8.42 Å². The lowest BCUT2D eigenvalue weighted by Gasteiger charge is -2.07. The summed E-state index contributed by atoms with van der Waals surface area (Å²) in [5, 5.41) is 13.0. The van der Waals surface area contributed by atoms with Gasteiger partial charge in [-0.1, -0.05) is 0 Å². The fourth-order valence-electron chi connectivity index (χ4n) is 1.92. The number of nitrogens with one attached hydrogen (secondary N) is 2. The molecule has 1 aromatic carbocycles. The first-order valence-corrected chi connectivity index (χ1v) is 8.79. The Morgan fingerprint density at radius 2 is 2.14 bits per heavy atom. The van der Waals surface area contributed by atoms with Crippen LogP contribution >= 0.6 is 11.3 Å². The smallest absolute Gasteiger partial charge is 0.188 e. The van der Waals surface area contributed by atoms with E-state index in [0.29, 0.717) is 15.8 Å². The second-order valence-electron chi connectivity index (χ2n) is 4.84. The maximum Gasteiger partial charge on any atom is 0.188 e. The van der Waals surface area contributed by atoms with Crippen molar-refractivity contribution in [1.29, 1.82) is 0 Å². The number of aromatic amines is 1. The van der Waals surface area contributed by atoms with Crippen molar-refractivity contribution in [2.24, 2.45) is 0 Å². The maximum absolute atomic E-state index is 12.3. The molecule has 0 saturated heterocycles. The van der Waals surface area contributed by atoms with E-state index in [0.717, 1.165) is 10.9 Å². The fraction of sp³-hybridized carbons (Fsp3) is 0.231. The molecule has 0 fully saturated rings. The molecule has 2 aromatic heterocycles. The molecule has 3 rings (SSSR count). The third kappa shape index (κ3) is 2.52. The van der Waals surface area contributed by atoms with Gasteiger partial charge in [0.25, 0.3) is 0 Å². The highest BCUT2D eigenvalue weighted by atomic mass is 32.2. The Bertz CT molecular complexity index is 867. The molecule has 0 unspecified atom stereocenters. The summed E-state index contributed by atoms with van der Waals surface area (Å²) in [4.78, 5) is 4.43. The lowest BCUT2D eigenvalue weighted by atomic mass is 10.2. The fourth-order valence-corrected chi connectivity index (χ4v) is 3.54. The summed E-state index contributed by atoms with van der Waals surface area (Å²) in [6, 6.07) is 4.97. The Kier molecular flexibility index (Phi) is 3.42. The van der Waals surface area contributed by atoms with E-state index in [-0.39, 0.29) is 0 Å². The van der Waals surface area contributed by atoms with Gasteiger partial charge in [-0.25, -0.2) is 13.4 Å². The van der Waals surface area contributed by atoms with Crippen molar-refractivity contribution in [3.05, 3.63) is 29.8 Å². The summed E-state index contributed by atoms with van der Waals surface area (Å²) >= 11 is 1.45. The minimum Gasteiger partial charge on any atom is -0.314 e. The van der Waals surface area contributed by atoms with Crippen LogP contribution < -0.4 is 5.32 Å². The lowest BCUT2D eigenvalue weighted by Crippen LogP contribution is -2.13. The van der Waals surface area contributed by atoms with E-state index in [1.165, 1.54) is 11.3 Å². The minimum atomic E-state index is -3.31. The number of hydrogen-bond donors (Lipinski definition) is 2. The highest BCUT2D eigenvalue weighted by Gasteiger charge is 2.20. The molecule has 0 atom stereocenters. The molecule has 0 aliphatic carbocycles. The zero-order valence-corrected chi connectivity index (χ0v) is 13.1. The van der Waals surface area contributed by atoms with Crippen molar-refractivity contribution in [3.8, 4) is 0 Å². The van der Waals surface area contributed by atoms with Crippen LogP contribution in [0.25, 0.3) is 10.9 Å². The van der Waals surface area contributed by atoms with Crippen LogP contribution in [-0.2, 0) is 9.84 Å². The van der Waals surface area contributed by atoms with Crippen molar-refractivity contribution >= 4 is 43.0 Å². The van der Waals surface area contributed by atoms with Gasteiger partial charge in [-0.15, -0.1) is 11.3 Å². The largest absolute Gasteiger partial charge is 0.314 e. The molecule has 3 aromatic rings. The van der Waals surface area contributed by atoms with Gasteiger partial charge in [0, 0.05) is 17.0 Å². The van der Waals surface area contributed by atoms with Crippen LogP contribution in [0, 0.1) is 0 Å². The van der Waals surface area contributed by atoms with Gasteiger partial charge in [-0.3, -0.25) is 5.10 Å². The standard InChI is InChI=1S/C13H14N4O2S2/c1-8(2)21(18,19)9-3-4-11-10(7-9)12(17-16-11)15-13-14-5-6-20-13/h3-8H,1-2H3,(H2,14,15,16,17). The molecule has 0 aliphatic rings. The van der Waals surface area contributed by atoms with Crippen molar-refractivity contribution in [2.75, 3.05) is 5.32 Å². The molecule has 0 aliphatic heterocycles. The molecule has 0 radical (unpaired) electrons. The van der Waals surface area contributed by atoms with E-state index < -0.39 is 15.1 Å². The van der Waals surface area contributed by atoms with Gasteiger partial charge >= 0.3 is 0 Å². The van der Waals surface area contributed by atoms with Crippen molar-refractivity contribution < 1.29 is 8.42 Å². The van der Waals surface area contributed by atoms with Gasteiger partial charge in [0.1, 0.15) is 0 Å². The summed E-state index contributed by atoms with van der Waals surface area (Å²) in [5.74, 6) is 0.570. The Balaban J connectivity index is 2.08. The van der Waals surface area contributed by atoms with Crippen molar-refractivity contribution in [3.63, 3.8) is 0 Å². The van der Waals surface area contributed by atoms with Crippen molar-refractivity contribution in [1.82, 2.24) is 15.2 Å². The molecular formula is C13H14N4O2S2. The van der Waals surface area contributed by atoms with E-state index in [1.54, 1.807) is 38.2 Å². The van der Waals surface area contributed by atoms with Crippen LogP contribution in [0.5, 0.6) is 0 Å². The quantitative estimate of drug-likeness (QED) is 0.771. The summed E-state index contributed by atoms with van der Waals surface area (Å²) in [7, 11) is -3.31. The molecule has 6 nitrogen and oxygen atoms in total. The summed E-state index contributed by atoms with van der Waals surface area (Å²) in [6.45, 7) is 3.34. The first kappa shape index (κ1) is 14.0. The molecule has 0 spiro atoms. The minimum absolute atomic E-state index is 0.300. The number of sulfone groups is 1. The number of nitrogens with zero attached hydrogens (tertiary/aromatic N) is 2. The number of aromatic nitrogens is 3. The number of benzene rings is 1. The number of H-pyrrole nitrogens is 1. The van der Waals surface area contributed by atoms with Crippen LogP contribution in [0.4, 0.5) is 10.9 Å². The lowest BCUT2D eigenvalue weighted by molar-refractivity contribution is 0.587. The Morgan fingerprint density at radius 3 is 2.81 bits per heavy atom. The third-order valence-electron chi connectivity index (χ3n) is 3.14. The number of rotatable bonds is 4. The molecule has 2 N–H and O–H groups in total. The van der Waals surface area contributed by atoms with E-state index in [1.807, 2.05) is 5.38 Å².